The van der Waals surface area contributed by atoms with Gasteiger partial charge in [-0.05, 0) is 68.4 Å². The third kappa shape index (κ3) is 4.46. The maximum atomic E-state index is 13.9. The predicted octanol–water partition coefficient (Wildman–Crippen LogP) is 7.37. The Bertz CT molecular complexity index is 1320. The molecular formula is C28H26Cl2FNO5. The standard InChI is InChI=1S/C28H26Cl2FNO5/c29-20-2-1-3-21(30)23(20)24-19(25(37-32-24)16-4-5-16)13-35-14-27-8-10-28(11-9-27,36-15-27)17-6-7-22(31)18(12-17)26(33)34/h1-3,6-7,12,16H,4-5,8-11,13-15H2,(H,33,34). The molecule has 37 heavy (non-hydrogen) atoms. The molecule has 2 saturated heterocycles. The van der Waals surface area contributed by atoms with Gasteiger partial charge in [0, 0.05) is 22.5 Å². The number of hydrogen-bond acceptors (Lipinski definition) is 5. The number of aromatic nitrogens is 1. The van der Waals surface area contributed by atoms with E-state index < -0.39 is 17.4 Å². The summed E-state index contributed by atoms with van der Waals surface area (Å²) < 4.78 is 32.3. The molecule has 2 aliphatic carbocycles. The lowest BCUT2D eigenvalue weighted by Gasteiger charge is -2.53. The fourth-order valence-corrected chi connectivity index (χ4v) is 6.29. The van der Waals surface area contributed by atoms with Crippen molar-refractivity contribution in [1.82, 2.24) is 5.16 Å². The van der Waals surface area contributed by atoms with Gasteiger partial charge >= 0.3 is 5.97 Å². The number of carboxylic acids is 1. The molecule has 0 spiro atoms. The van der Waals surface area contributed by atoms with Gasteiger partial charge in [-0.15, -0.1) is 0 Å². The van der Waals surface area contributed by atoms with Crippen molar-refractivity contribution < 1.29 is 28.3 Å². The summed E-state index contributed by atoms with van der Waals surface area (Å²) >= 11 is 12.9. The minimum absolute atomic E-state index is 0.128. The van der Waals surface area contributed by atoms with Gasteiger partial charge in [0.2, 0.25) is 0 Å². The van der Waals surface area contributed by atoms with Gasteiger partial charge in [-0.25, -0.2) is 9.18 Å². The maximum absolute atomic E-state index is 13.9. The van der Waals surface area contributed by atoms with Crippen LogP contribution >= 0.6 is 23.2 Å². The van der Waals surface area contributed by atoms with E-state index >= 15 is 0 Å². The molecule has 1 N–H and O–H groups in total. The van der Waals surface area contributed by atoms with Crippen LogP contribution in [-0.4, -0.2) is 29.4 Å². The van der Waals surface area contributed by atoms with Gasteiger partial charge in [0.1, 0.15) is 17.3 Å². The van der Waals surface area contributed by atoms with Crippen molar-refractivity contribution in [3.63, 3.8) is 0 Å². The molecule has 2 saturated carbocycles. The van der Waals surface area contributed by atoms with Gasteiger partial charge in [0.15, 0.2) is 0 Å². The molecule has 2 aromatic carbocycles. The van der Waals surface area contributed by atoms with E-state index in [9.17, 15) is 14.3 Å². The molecule has 7 rings (SSSR count). The van der Waals surface area contributed by atoms with Crippen LogP contribution in [0.2, 0.25) is 10.0 Å². The zero-order chi connectivity index (χ0) is 25.8. The zero-order valence-electron chi connectivity index (χ0n) is 20.1. The van der Waals surface area contributed by atoms with Crippen LogP contribution in [0.25, 0.3) is 11.3 Å². The largest absolute Gasteiger partial charge is 0.478 e. The molecule has 4 aliphatic rings. The van der Waals surface area contributed by atoms with Crippen molar-refractivity contribution in [3.05, 3.63) is 74.7 Å². The van der Waals surface area contributed by atoms with E-state index in [0.29, 0.717) is 47.0 Å². The summed E-state index contributed by atoms with van der Waals surface area (Å²) in [6.07, 6.45) is 5.31. The fraction of sp³-hybridized carbons (Fsp3) is 0.429. The SMILES string of the molecule is O=C(O)c1cc(C23CCC(COCc4c(-c5c(Cl)cccc5Cl)noc4C4CC4)(CC2)CO3)ccc1F. The van der Waals surface area contributed by atoms with Gasteiger partial charge in [-0.3, -0.25) is 0 Å². The Balaban J connectivity index is 1.17. The first-order valence-corrected chi connectivity index (χ1v) is 13.2. The molecule has 9 heteroatoms. The molecule has 2 bridgehead atoms. The number of ether oxygens (including phenoxy) is 2. The topological polar surface area (TPSA) is 81.8 Å². The molecule has 3 aromatic rings. The first kappa shape index (κ1) is 24.9. The number of halogens is 3. The average Bonchev–Trinajstić information content (AvgIpc) is 3.66. The lowest BCUT2D eigenvalue weighted by atomic mass is 9.64. The van der Waals surface area contributed by atoms with Crippen LogP contribution in [0.15, 0.2) is 40.9 Å². The summed E-state index contributed by atoms with van der Waals surface area (Å²) in [5.74, 6) is -0.823. The predicted molar refractivity (Wildman–Crippen MR) is 135 cm³/mol. The lowest BCUT2D eigenvalue weighted by molar-refractivity contribution is -0.205. The second-order valence-corrected chi connectivity index (χ2v) is 11.3. The van der Waals surface area contributed by atoms with Crippen molar-refractivity contribution in [2.45, 2.75) is 56.7 Å². The number of aromatic carboxylic acids is 1. The Hall–Kier alpha value is -2.45. The van der Waals surface area contributed by atoms with Crippen LogP contribution in [0.1, 0.15) is 71.7 Å². The summed E-state index contributed by atoms with van der Waals surface area (Å²) in [6, 6.07) is 9.64. The number of carbonyl (C=O) groups is 1. The molecule has 0 radical (unpaired) electrons. The summed E-state index contributed by atoms with van der Waals surface area (Å²) in [5, 5.41) is 14.7. The molecule has 3 heterocycles. The molecule has 2 aliphatic heterocycles. The lowest BCUT2D eigenvalue weighted by Crippen LogP contribution is -2.51. The minimum Gasteiger partial charge on any atom is -0.478 e. The van der Waals surface area contributed by atoms with Crippen molar-refractivity contribution >= 4 is 29.2 Å². The van der Waals surface area contributed by atoms with Crippen molar-refractivity contribution in [1.29, 1.82) is 0 Å². The van der Waals surface area contributed by atoms with Gasteiger partial charge in [0.05, 0.1) is 41.0 Å². The van der Waals surface area contributed by atoms with E-state index in [4.69, 9.17) is 37.2 Å². The van der Waals surface area contributed by atoms with Crippen LogP contribution in [-0.2, 0) is 21.7 Å². The Morgan fingerprint density at radius 3 is 2.49 bits per heavy atom. The highest BCUT2D eigenvalue weighted by Crippen LogP contribution is 2.54. The minimum atomic E-state index is -1.28. The van der Waals surface area contributed by atoms with Gasteiger partial charge in [-0.2, -0.15) is 0 Å². The number of hydrogen-bond donors (Lipinski definition) is 1. The Morgan fingerprint density at radius 2 is 1.86 bits per heavy atom. The summed E-state index contributed by atoms with van der Waals surface area (Å²) in [6.45, 7) is 1.34. The second kappa shape index (κ2) is 9.38. The zero-order valence-corrected chi connectivity index (χ0v) is 21.6. The number of carboxylic acid groups (broad SMARTS) is 1. The van der Waals surface area contributed by atoms with Gasteiger partial charge < -0.3 is 19.1 Å². The molecule has 194 valence electrons. The first-order chi connectivity index (χ1) is 17.8. The van der Waals surface area contributed by atoms with Crippen LogP contribution in [0, 0.1) is 11.2 Å². The average molecular weight is 546 g/mol. The first-order valence-electron chi connectivity index (χ1n) is 12.5. The summed E-state index contributed by atoms with van der Waals surface area (Å²) in [5.41, 5.74) is 1.86. The van der Waals surface area contributed by atoms with Crippen molar-refractivity contribution in [2.24, 2.45) is 5.41 Å². The normalized spacial score (nSPS) is 24.9. The quantitative estimate of drug-likeness (QED) is 0.318. The molecule has 1 aromatic heterocycles. The van der Waals surface area contributed by atoms with E-state index in [1.165, 1.54) is 12.1 Å². The van der Waals surface area contributed by atoms with E-state index in [-0.39, 0.29) is 11.0 Å². The summed E-state index contributed by atoms with van der Waals surface area (Å²) in [7, 11) is 0. The van der Waals surface area contributed by atoms with Crippen LogP contribution in [0.5, 0.6) is 0 Å². The Labute approximate surface area is 223 Å². The maximum Gasteiger partial charge on any atom is 0.338 e. The smallest absolute Gasteiger partial charge is 0.338 e. The van der Waals surface area contributed by atoms with Gasteiger partial charge in [0.25, 0.3) is 0 Å². The third-order valence-electron chi connectivity index (χ3n) is 8.12. The van der Waals surface area contributed by atoms with E-state index in [0.717, 1.165) is 55.4 Å². The number of nitrogens with zero attached hydrogens (tertiary/aromatic N) is 1. The third-order valence-corrected chi connectivity index (χ3v) is 8.75. The van der Waals surface area contributed by atoms with Crippen molar-refractivity contribution in [3.8, 4) is 11.3 Å². The highest BCUT2D eigenvalue weighted by Gasteiger charge is 2.51. The molecular weight excluding hydrogens is 520 g/mol. The second-order valence-electron chi connectivity index (χ2n) is 10.5. The van der Waals surface area contributed by atoms with Crippen molar-refractivity contribution in [2.75, 3.05) is 13.2 Å². The molecule has 4 fully saturated rings. The number of fused-ring (bicyclic) bond motifs is 3. The monoisotopic (exact) mass is 545 g/mol. The van der Waals surface area contributed by atoms with E-state index in [1.54, 1.807) is 24.3 Å². The van der Waals surface area contributed by atoms with E-state index in [1.807, 2.05) is 0 Å². The highest BCUT2D eigenvalue weighted by molar-refractivity contribution is 6.39. The number of benzene rings is 2. The summed E-state index contributed by atoms with van der Waals surface area (Å²) in [4.78, 5) is 11.4. The Morgan fingerprint density at radius 1 is 1.14 bits per heavy atom. The van der Waals surface area contributed by atoms with Crippen LogP contribution in [0.3, 0.4) is 0 Å². The Kier molecular flexibility index (Phi) is 6.30. The molecule has 0 amide bonds. The molecule has 6 nitrogen and oxygen atoms in total. The molecule has 0 atom stereocenters. The van der Waals surface area contributed by atoms with E-state index in [2.05, 4.69) is 5.16 Å². The molecule has 0 unspecified atom stereocenters. The fourth-order valence-electron chi connectivity index (χ4n) is 5.71. The van der Waals surface area contributed by atoms with Crippen LogP contribution in [0.4, 0.5) is 4.39 Å². The van der Waals surface area contributed by atoms with Gasteiger partial charge in [-0.1, -0.05) is 40.5 Å². The number of rotatable bonds is 8. The van der Waals surface area contributed by atoms with Crippen LogP contribution < -0.4 is 0 Å². The highest BCUT2D eigenvalue weighted by atomic mass is 35.5.